The van der Waals surface area contributed by atoms with E-state index in [1.807, 2.05) is 20.8 Å². The number of halogens is 2. The Labute approximate surface area is 103 Å². The van der Waals surface area contributed by atoms with Gasteiger partial charge in [-0.25, -0.2) is 4.39 Å². The second kappa shape index (κ2) is 5.17. The Balaban J connectivity index is 2.81. The van der Waals surface area contributed by atoms with Gasteiger partial charge in [-0.05, 0) is 32.9 Å². The molecule has 1 aromatic carbocycles. The van der Waals surface area contributed by atoms with Gasteiger partial charge in [0.1, 0.15) is 21.9 Å². The van der Waals surface area contributed by atoms with Crippen molar-refractivity contribution in [1.82, 2.24) is 0 Å². The fourth-order valence-electron chi connectivity index (χ4n) is 0.860. The summed E-state index contributed by atoms with van der Waals surface area (Å²) in [5, 5.41) is 0.0640. The van der Waals surface area contributed by atoms with Crippen molar-refractivity contribution in [2.24, 2.45) is 4.40 Å². The highest BCUT2D eigenvalue weighted by molar-refractivity contribution is 7.91. The number of nitrogens with zero attached hydrogens (tertiary/aromatic N) is 1. The quantitative estimate of drug-likeness (QED) is 0.594. The molecule has 0 aliphatic carbocycles. The predicted molar refractivity (Wildman–Crippen MR) is 66.9 cm³/mol. The normalized spacial score (nSPS) is 14.4. The third-order valence-corrected chi connectivity index (χ3v) is 3.42. The summed E-state index contributed by atoms with van der Waals surface area (Å²) in [6.45, 7) is 5.47. The van der Waals surface area contributed by atoms with E-state index in [1.54, 1.807) is 6.07 Å². The van der Waals surface area contributed by atoms with Crippen molar-refractivity contribution in [3.05, 3.63) is 34.6 Å². The van der Waals surface area contributed by atoms with Crippen LogP contribution in [0.1, 0.15) is 26.3 Å². The molecular weight excluding hydrogens is 249 g/mol. The van der Waals surface area contributed by atoms with Crippen LogP contribution in [0, 0.1) is 5.82 Å². The lowest BCUT2D eigenvalue weighted by Gasteiger charge is -2.17. The Morgan fingerprint density at radius 1 is 1.44 bits per heavy atom. The molecule has 16 heavy (non-hydrogen) atoms. The van der Waals surface area contributed by atoms with Crippen LogP contribution in [0.3, 0.4) is 0 Å². The molecule has 5 heteroatoms. The summed E-state index contributed by atoms with van der Waals surface area (Å²) in [5.41, 5.74) is 0.541. The fourth-order valence-corrected chi connectivity index (χ4v) is 1.51. The zero-order valence-corrected chi connectivity index (χ0v) is 10.9. The van der Waals surface area contributed by atoms with Crippen molar-refractivity contribution in [2.45, 2.75) is 25.5 Å². The molecule has 1 aromatic rings. The number of hydrogen-bond donors (Lipinski definition) is 0. The maximum absolute atomic E-state index is 13.1. The van der Waals surface area contributed by atoms with Gasteiger partial charge in [-0.1, -0.05) is 22.1 Å². The highest BCUT2D eigenvalue weighted by Crippen LogP contribution is 2.18. The molecule has 0 heterocycles. The van der Waals surface area contributed by atoms with Crippen LogP contribution in [0.4, 0.5) is 4.39 Å². The second-order valence-electron chi connectivity index (χ2n) is 4.27. The maximum Gasteiger partial charge on any atom is 0.144 e. The molecule has 0 amide bonds. The minimum absolute atomic E-state index is 0.0640. The fraction of sp³-hybridized carbons (Fsp3) is 0.364. The molecular formula is C11H13ClFNOS. The van der Waals surface area contributed by atoms with Crippen molar-refractivity contribution in [3.63, 3.8) is 0 Å². The molecule has 0 N–H and O–H groups in total. The van der Waals surface area contributed by atoms with Crippen LogP contribution in [-0.4, -0.2) is 15.5 Å². The zero-order valence-electron chi connectivity index (χ0n) is 9.33. The molecule has 2 nitrogen and oxygen atoms in total. The van der Waals surface area contributed by atoms with E-state index in [4.69, 9.17) is 11.6 Å². The van der Waals surface area contributed by atoms with Gasteiger partial charge in [-0.2, -0.15) is 0 Å². The standard InChI is InChI=1S/C11H13ClFNOS/c1-11(2,3)16(15)14-7-8-4-5-9(12)10(13)6-8/h4-7H,1-3H3/b14-7+/t16-/m1/s1. The lowest BCUT2D eigenvalue weighted by atomic mass is 10.2. The largest absolute Gasteiger partial charge is 0.591 e. The second-order valence-corrected chi connectivity index (χ2v) is 6.61. The molecule has 0 radical (unpaired) electrons. The third kappa shape index (κ3) is 3.77. The number of rotatable bonds is 2. The van der Waals surface area contributed by atoms with Gasteiger partial charge in [0, 0.05) is 5.56 Å². The van der Waals surface area contributed by atoms with E-state index in [-0.39, 0.29) is 5.02 Å². The predicted octanol–water partition coefficient (Wildman–Crippen LogP) is 3.36. The molecule has 0 aromatic heterocycles. The summed E-state index contributed by atoms with van der Waals surface area (Å²) in [6, 6.07) is 4.32. The first kappa shape index (κ1) is 13.5. The lowest BCUT2D eigenvalue weighted by molar-refractivity contribution is 0.562. The molecule has 0 aliphatic heterocycles. The SMILES string of the molecule is CC(C)(C)[S@@+]([O-])/N=C/c1ccc(Cl)c(F)c1. The molecule has 1 rings (SSSR count). The van der Waals surface area contributed by atoms with Crippen LogP contribution in [0.5, 0.6) is 0 Å². The average molecular weight is 262 g/mol. The zero-order chi connectivity index (χ0) is 12.3. The maximum atomic E-state index is 13.1. The summed E-state index contributed by atoms with van der Waals surface area (Å²) >= 11 is 4.20. The van der Waals surface area contributed by atoms with Gasteiger partial charge in [0.15, 0.2) is 0 Å². The monoisotopic (exact) mass is 261 g/mol. The van der Waals surface area contributed by atoms with Crippen LogP contribution in [0.2, 0.25) is 5.02 Å². The molecule has 0 spiro atoms. The highest BCUT2D eigenvalue weighted by atomic mass is 35.5. The van der Waals surface area contributed by atoms with E-state index < -0.39 is 21.9 Å². The topological polar surface area (TPSA) is 35.4 Å². The van der Waals surface area contributed by atoms with Crippen molar-refractivity contribution in [3.8, 4) is 0 Å². The van der Waals surface area contributed by atoms with Gasteiger partial charge in [0.2, 0.25) is 0 Å². The molecule has 0 saturated carbocycles. The van der Waals surface area contributed by atoms with Crippen LogP contribution in [-0.2, 0) is 11.4 Å². The van der Waals surface area contributed by atoms with Crippen LogP contribution >= 0.6 is 11.6 Å². The minimum atomic E-state index is -1.34. The summed E-state index contributed by atoms with van der Waals surface area (Å²) in [6.07, 6.45) is 1.39. The van der Waals surface area contributed by atoms with E-state index in [1.165, 1.54) is 18.3 Å². The van der Waals surface area contributed by atoms with E-state index in [2.05, 4.69) is 4.40 Å². The van der Waals surface area contributed by atoms with Crippen molar-refractivity contribution < 1.29 is 8.94 Å². The Morgan fingerprint density at radius 3 is 2.56 bits per heavy atom. The average Bonchev–Trinajstić information content (AvgIpc) is 2.18. The van der Waals surface area contributed by atoms with Crippen LogP contribution in [0.25, 0.3) is 0 Å². The molecule has 0 unspecified atom stereocenters. The van der Waals surface area contributed by atoms with Gasteiger partial charge < -0.3 is 4.55 Å². The summed E-state index contributed by atoms with van der Waals surface area (Å²) in [4.78, 5) is 0. The Hall–Kier alpha value is -0.580. The molecule has 88 valence electrons. The third-order valence-electron chi connectivity index (χ3n) is 1.77. The first-order valence-electron chi connectivity index (χ1n) is 4.72. The Kier molecular flexibility index (Phi) is 4.35. The lowest BCUT2D eigenvalue weighted by Crippen LogP contribution is -2.25. The van der Waals surface area contributed by atoms with E-state index >= 15 is 0 Å². The Morgan fingerprint density at radius 2 is 2.06 bits per heavy atom. The minimum Gasteiger partial charge on any atom is -0.591 e. The Bertz CT molecular complexity index is 403. The van der Waals surface area contributed by atoms with Gasteiger partial charge in [-0.15, -0.1) is 0 Å². The van der Waals surface area contributed by atoms with Crippen molar-refractivity contribution in [2.75, 3.05) is 0 Å². The molecule has 1 atom stereocenters. The van der Waals surface area contributed by atoms with E-state index in [0.29, 0.717) is 5.56 Å². The molecule has 0 aliphatic rings. The van der Waals surface area contributed by atoms with E-state index in [0.717, 1.165) is 0 Å². The highest BCUT2D eigenvalue weighted by Gasteiger charge is 2.25. The number of benzene rings is 1. The number of hydrogen-bond acceptors (Lipinski definition) is 2. The molecule has 0 saturated heterocycles. The first-order valence-corrected chi connectivity index (χ1v) is 6.20. The van der Waals surface area contributed by atoms with Gasteiger partial charge in [0.05, 0.1) is 11.2 Å². The van der Waals surface area contributed by atoms with Crippen molar-refractivity contribution >= 4 is 29.2 Å². The molecule has 0 fully saturated rings. The van der Waals surface area contributed by atoms with Crippen molar-refractivity contribution in [1.29, 1.82) is 0 Å². The van der Waals surface area contributed by atoms with Gasteiger partial charge in [-0.3, -0.25) is 0 Å². The summed E-state index contributed by atoms with van der Waals surface area (Å²) in [5.74, 6) is -0.507. The molecule has 0 bridgehead atoms. The smallest absolute Gasteiger partial charge is 0.144 e. The van der Waals surface area contributed by atoms with E-state index in [9.17, 15) is 8.94 Å². The first-order chi connectivity index (χ1) is 7.30. The van der Waals surface area contributed by atoms with Crippen LogP contribution in [0.15, 0.2) is 22.6 Å². The summed E-state index contributed by atoms with van der Waals surface area (Å²) in [7, 11) is 0. The summed E-state index contributed by atoms with van der Waals surface area (Å²) < 4.78 is 28.1. The van der Waals surface area contributed by atoms with Crippen LogP contribution < -0.4 is 0 Å². The van der Waals surface area contributed by atoms with Gasteiger partial charge in [0.25, 0.3) is 0 Å². The van der Waals surface area contributed by atoms with Gasteiger partial charge >= 0.3 is 0 Å².